The van der Waals surface area contributed by atoms with Crippen molar-refractivity contribution in [3.8, 4) is 0 Å². The van der Waals surface area contributed by atoms with Crippen LogP contribution in [0.3, 0.4) is 0 Å². The first kappa shape index (κ1) is 19.8. The summed E-state index contributed by atoms with van der Waals surface area (Å²) in [7, 11) is 0. The van der Waals surface area contributed by atoms with Crippen LogP contribution >= 0.6 is 11.3 Å². The number of esters is 1. The van der Waals surface area contributed by atoms with E-state index in [0.717, 1.165) is 4.88 Å². The highest BCUT2D eigenvalue weighted by atomic mass is 32.1. The van der Waals surface area contributed by atoms with Crippen molar-refractivity contribution in [2.24, 2.45) is 5.41 Å². The fraction of sp³-hybridized carbons (Fsp3) is 0.647. The molecule has 23 heavy (non-hydrogen) atoms. The maximum Gasteiger partial charge on any atom is 0.374 e. The third-order valence-corrected chi connectivity index (χ3v) is 4.30. The Kier molecular flexibility index (Phi) is 8.44. The standard InChI is InChI=1S/C17H26O5S/c1-4-21-16(20)13(19)7-5-8-14(15-9-6-10-23-15)22-12-17(2,3)11-18/h6,9-10,14,18H,4-5,7-8,11-12H2,1-3H3. The molecule has 1 atom stereocenters. The fourth-order valence-corrected chi connectivity index (χ4v) is 2.72. The van der Waals surface area contributed by atoms with Crippen molar-refractivity contribution in [2.75, 3.05) is 19.8 Å². The quantitative estimate of drug-likeness (QED) is 0.494. The lowest BCUT2D eigenvalue weighted by molar-refractivity contribution is -0.153. The minimum absolute atomic E-state index is 0.0471. The molecule has 1 N–H and O–H groups in total. The lowest BCUT2D eigenvalue weighted by atomic mass is 9.96. The summed E-state index contributed by atoms with van der Waals surface area (Å²) in [6, 6.07) is 3.95. The van der Waals surface area contributed by atoms with E-state index in [1.807, 2.05) is 31.4 Å². The van der Waals surface area contributed by atoms with Crippen LogP contribution in [0.15, 0.2) is 17.5 Å². The van der Waals surface area contributed by atoms with Crippen LogP contribution in [-0.2, 0) is 19.1 Å². The fourth-order valence-electron chi connectivity index (χ4n) is 1.92. The van der Waals surface area contributed by atoms with Crippen LogP contribution in [0.2, 0.25) is 0 Å². The van der Waals surface area contributed by atoms with Crippen LogP contribution in [-0.4, -0.2) is 36.7 Å². The molecule has 0 amide bonds. The van der Waals surface area contributed by atoms with Crippen LogP contribution < -0.4 is 0 Å². The molecule has 0 fully saturated rings. The summed E-state index contributed by atoms with van der Waals surface area (Å²) < 4.78 is 10.6. The van der Waals surface area contributed by atoms with Crippen molar-refractivity contribution in [3.63, 3.8) is 0 Å². The van der Waals surface area contributed by atoms with E-state index in [1.165, 1.54) is 0 Å². The zero-order chi connectivity index (χ0) is 17.3. The highest BCUT2D eigenvalue weighted by Gasteiger charge is 2.22. The second-order valence-corrected chi connectivity index (χ2v) is 7.15. The molecule has 0 saturated heterocycles. The van der Waals surface area contributed by atoms with E-state index in [4.69, 9.17) is 9.47 Å². The summed E-state index contributed by atoms with van der Waals surface area (Å²) in [6.07, 6.45) is 1.23. The number of ketones is 1. The molecule has 130 valence electrons. The number of rotatable bonds is 11. The molecule has 0 radical (unpaired) electrons. The predicted octanol–water partition coefficient (Wildman–Crippen LogP) is 3.13. The summed E-state index contributed by atoms with van der Waals surface area (Å²) >= 11 is 1.60. The van der Waals surface area contributed by atoms with Gasteiger partial charge in [0, 0.05) is 16.7 Å². The van der Waals surface area contributed by atoms with Gasteiger partial charge in [-0.15, -0.1) is 11.3 Å². The van der Waals surface area contributed by atoms with Gasteiger partial charge in [0.15, 0.2) is 0 Å². The largest absolute Gasteiger partial charge is 0.460 e. The molecule has 0 saturated carbocycles. The molecule has 1 heterocycles. The van der Waals surface area contributed by atoms with Gasteiger partial charge in [-0.1, -0.05) is 19.9 Å². The molecule has 1 aromatic rings. The normalized spacial score (nSPS) is 12.9. The molecule has 1 unspecified atom stereocenters. The third-order valence-electron chi connectivity index (χ3n) is 3.34. The zero-order valence-corrected chi connectivity index (χ0v) is 14.9. The average Bonchev–Trinajstić information content (AvgIpc) is 3.04. The van der Waals surface area contributed by atoms with Crippen molar-refractivity contribution < 1.29 is 24.2 Å². The second kappa shape index (κ2) is 9.80. The minimum atomic E-state index is -0.762. The van der Waals surface area contributed by atoms with E-state index in [2.05, 4.69) is 0 Å². The second-order valence-electron chi connectivity index (χ2n) is 6.17. The van der Waals surface area contributed by atoms with Gasteiger partial charge in [-0.3, -0.25) is 4.79 Å². The number of hydrogen-bond acceptors (Lipinski definition) is 6. The van der Waals surface area contributed by atoms with Crippen molar-refractivity contribution in [1.82, 2.24) is 0 Å². The molecule has 5 nitrogen and oxygen atoms in total. The van der Waals surface area contributed by atoms with Crippen LogP contribution in [0.5, 0.6) is 0 Å². The maximum atomic E-state index is 11.6. The SMILES string of the molecule is CCOC(=O)C(=O)CCCC(OCC(C)(C)CO)c1cccs1. The lowest BCUT2D eigenvalue weighted by Crippen LogP contribution is -2.25. The molecule has 0 aliphatic heterocycles. The highest BCUT2D eigenvalue weighted by molar-refractivity contribution is 7.10. The third kappa shape index (κ3) is 7.24. The van der Waals surface area contributed by atoms with Gasteiger partial charge in [-0.2, -0.15) is 0 Å². The molecule has 0 aliphatic carbocycles. The van der Waals surface area contributed by atoms with E-state index >= 15 is 0 Å². The van der Waals surface area contributed by atoms with Gasteiger partial charge in [0.1, 0.15) is 0 Å². The molecular formula is C17H26O5S. The van der Waals surface area contributed by atoms with Gasteiger partial charge in [0.2, 0.25) is 5.78 Å². The summed E-state index contributed by atoms with van der Waals surface area (Å²) in [5, 5.41) is 11.3. The average molecular weight is 342 g/mol. The number of hydrogen-bond donors (Lipinski definition) is 1. The smallest absolute Gasteiger partial charge is 0.374 e. The Labute approximate surface area is 141 Å². The Morgan fingerprint density at radius 1 is 1.39 bits per heavy atom. The monoisotopic (exact) mass is 342 g/mol. The Hall–Kier alpha value is -1.24. The molecule has 0 aliphatic rings. The number of ether oxygens (including phenoxy) is 2. The number of aliphatic hydroxyl groups excluding tert-OH is 1. The Bertz CT molecular complexity index is 481. The van der Waals surface area contributed by atoms with E-state index < -0.39 is 11.8 Å². The predicted molar refractivity (Wildman–Crippen MR) is 89.4 cm³/mol. The minimum Gasteiger partial charge on any atom is -0.460 e. The van der Waals surface area contributed by atoms with Gasteiger partial charge in [-0.25, -0.2) is 4.79 Å². The summed E-state index contributed by atoms with van der Waals surface area (Å²) in [5.41, 5.74) is -0.309. The molecule has 6 heteroatoms. The van der Waals surface area contributed by atoms with Crippen LogP contribution in [0.4, 0.5) is 0 Å². The first-order chi connectivity index (χ1) is 10.9. The van der Waals surface area contributed by atoms with Crippen LogP contribution in [0.25, 0.3) is 0 Å². The molecule has 1 aromatic heterocycles. The lowest BCUT2D eigenvalue weighted by Gasteiger charge is -2.25. The van der Waals surface area contributed by atoms with Crippen LogP contribution in [0, 0.1) is 5.41 Å². The molecular weight excluding hydrogens is 316 g/mol. The van der Waals surface area contributed by atoms with E-state index in [-0.39, 0.29) is 31.2 Å². The number of thiophene rings is 1. The number of Topliss-reactive ketones (excluding diaryl/α,β-unsaturated/α-hetero) is 1. The Morgan fingerprint density at radius 3 is 2.70 bits per heavy atom. The maximum absolute atomic E-state index is 11.6. The highest BCUT2D eigenvalue weighted by Crippen LogP contribution is 2.29. The first-order valence-corrected chi connectivity index (χ1v) is 8.73. The number of aliphatic hydroxyl groups is 1. The van der Waals surface area contributed by atoms with Crippen molar-refractivity contribution in [3.05, 3.63) is 22.4 Å². The molecule has 0 spiro atoms. The molecule has 0 bridgehead atoms. The molecule has 0 aromatic carbocycles. The summed E-state index contributed by atoms with van der Waals surface area (Å²) in [6.45, 7) is 6.23. The Morgan fingerprint density at radius 2 is 2.13 bits per heavy atom. The number of carbonyl (C=O) groups is 2. The van der Waals surface area contributed by atoms with Crippen molar-refractivity contribution >= 4 is 23.1 Å². The van der Waals surface area contributed by atoms with Crippen LogP contribution in [0.1, 0.15) is 51.0 Å². The summed E-state index contributed by atoms with van der Waals surface area (Å²) in [5.74, 6) is -1.25. The van der Waals surface area contributed by atoms with Crippen molar-refractivity contribution in [1.29, 1.82) is 0 Å². The first-order valence-electron chi connectivity index (χ1n) is 7.85. The molecule has 1 rings (SSSR count). The van der Waals surface area contributed by atoms with Crippen molar-refractivity contribution in [2.45, 2.75) is 46.1 Å². The van der Waals surface area contributed by atoms with Gasteiger partial charge >= 0.3 is 5.97 Å². The van der Waals surface area contributed by atoms with Gasteiger partial charge in [0.05, 0.1) is 25.9 Å². The zero-order valence-electron chi connectivity index (χ0n) is 14.0. The van der Waals surface area contributed by atoms with E-state index in [9.17, 15) is 14.7 Å². The number of carbonyl (C=O) groups excluding carboxylic acids is 2. The van der Waals surface area contributed by atoms with Gasteiger partial charge in [0.25, 0.3) is 0 Å². The Balaban J connectivity index is 2.51. The van der Waals surface area contributed by atoms with Gasteiger partial charge in [-0.05, 0) is 31.2 Å². The van der Waals surface area contributed by atoms with E-state index in [1.54, 1.807) is 18.3 Å². The summed E-state index contributed by atoms with van der Waals surface area (Å²) in [4.78, 5) is 24.0. The van der Waals surface area contributed by atoms with Gasteiger partial charge < -0.3 is 14.6 Å². The van der Waals surface area contributed by atoms with E-state index in [0.29, 0.717) is 19.4 Å². The topological polar surface area (TPSA) is 72.8 Å².